The van der Waals surface area contributed by atoms with Gasteiger partial charge in [-0.25, -0.2) is 4.79 Å². The van der Waals surface area contributed by atoms with Gasteiger partial charge >= 0.3 is 5.97 Å². The molecule has 3 N–H and O–H groups in total. The van der Waals surface area contributed by atoms with Gasteiger partial charge in [-0.2, -0.15) is 0 Å². The number of carboxylic acids is 1. The molecule has 19 heavy (non-hydrogen) atoms. The maximum absolute atomic E-state index is 11.6. The molecule has 1 amide bonds. The monoisotopic (exact) mass is 265 g/mol. The minimum atomic E-state index is -1.43. The molecule has 1 atom stereocenters. The fourth-order valence-corrected chi connectivity index (χ4v) is 1.63. The molecule has 1 unspecified atom stereocenters. The highest BCUT2D eigenvalue weighted by Gasteiger charge is 2.13. The van der Waals surface area contributed by atoms with Gasteiger partial charge in [-0.15, -0.1) is 0 Å². The molecule has 0 aliphatic rings. The Morgan fingerprint density at radius 3 is 2.53 bits per heavy atom. The molecule has 5 nitrogen and oxygen atoms in total. The highest BCUT2D eigenvalue weighted by Crippen LogP contribution is 2.10. The zero-order valence-corrected chi connectivity index (χ0v) is 11.1. The van der Waals surface area contributed by atoms with Crippen LogP contribution >= 0.6 is 0 Å². The summed E-state index contributed by atoms with van der Waals surface area (Å²) < 4.78 is 0. The van der Waals surface area contributed by atoms with Gasteiger partial charge in [0.15, 0.2) is 6.10 Å². The van der Waals surface area contributed by atoms with Crippen molar-refractivity contribution in [1.82, 2.24) is 5.32 Å². The van der Waals surface area contributed by atoms with Crippen LogP contribution in [0, 0.1) is 13.8 Å². The number of carboxylic acid groups (broad SMARTS) is 1. The molecule has 0 fully saturated rings. The van der Waals surface area contributed by atoms with Gasteiger partial charge in [0, 0.05) is 13.0 Å². The number of hydrogen-bond donors (Lipinski definition) is 3. The number of carbonyl (C=O) groups is 2. The third kappa shape index (κ3) is 5.09. The average Bonchev–Trinajstić information content (AvgIpc) is 2.33. The molecule has 0 bridgehead atoms. The summed E-state index contributed by atoms with van der Waals surface area (Å²) in [4.78, 5) is 22.0. The van der Waals surface area contributed by atoms with E-state index in [0.717, 1.165) is 11.1 Å². The summed E-state index contributed by atoms with van der Waals surface area (Å²) in [5, 5.41) is 20.1. The third-order valence-electron chi connectivity index (χ3n) is 2.96. The first-order valence-corrected chi connectivity index (χ1v) is 6.14. The van der Waals surface area contributed by atoms with E-state index >= 15 is 0 Å². The highest BCUT2D eigenvalue weighted by molar-refractivity contribution is 5.78. The van der Waals surface area contributed by atoms with Crippen molar-refractivity contribution in [1.29, 1.82) is 0 Å². The molecule has 0 heterocycles. The quantitative estimate of drug-likeness (QED) is 0.710. The molecular formula is C14H19NO4. The summed E-state index contributed by atoms with van der Waals surface area (Å²) >= 11 is 0. The Morgan fingerprint density at radius 2 is 1.95 bits per heavy atom. The van der Waals surface area contributed by atoms with Crippen LogP contribution in [-0.4, -0.2) is 34.7 Å². The summed E-state index contributed by atoms with van der Waals surface area (Å²) in [6.45, 7) is 4.14. The number of aryl methyl sites for hydroxylation is 2. The second-order valence-corrected chi connectivity index (χ2v) is 4.59. The molecule has 1 aromatic carbocycles. The molecule has 0 spiro atoms. The van der Waals surface area contributed by atoms with Gasteiger partial charge in [0.25, 0.3) is 0 Å². The van der Waals surface area contributed by atoms with Gasteiger partial charge in [0.05, 0.1) is 6.42 Å². The first-order valence-electron chi connectivity index (χ1n) is 6.14. The number of aliphatic hydroxyl groups excluding tert-OH is 1. The van der Waals surface area contributed by atoms with Crippen LogP contribution in [0.4, 0.5) is 0 Å². The number of rotatable bonds is 6. The highest BCUT2D eigenvalue weighted by atomic mass is 16.4. The Hall–Kier alpha value is -1.88. The Morgan fingerprint density at radius 1 is 1.26 bits per heavy atom. The lowest BCUT2D eigenvalue weighted by Gasteiger charge is -2.08. The van der Waals surface area contributed by atoms with Crippen molar-refractivity contribution >= 4 is 11.9 Å². The van der Waals surface area contributed by atoms with Crippen molar-refractivity contribution in [3.05, 3.63) is 34.9 Å². The molecule has 0 aliphatic heterocycles. The number of nitrogens with one attached hydrogen (secondary N) is 1. The fraction of sp³-hybridized carbons (Fsp3) is 0.429. The molecule has 0 saturated carbocycles. The first kappa shape index (κ1) is 15.2. The molecule has 104 valence electrons. The lowest BCUT2D eigenvalue weighted by molar-refractivity contribution is -0.147. The first-order chi connectivity index (χ1) is 8.90. The van der Waals surface area contributed by atoms with Crippen LogP contribution in [0.5, 0.6) is 0 Å². The smallest absolute Gasteiger partial charge is 0.332 e. The van der Waals surface area contributed by atoms with Crippen LogP contribution in [0.1, 0.15) is 23.1 Å². The standard InChI is InChI=1S/C14H19NO4/c1-9-3-4-11(7-10(9)2)8-13(17)15-6-5-12(16)14(18)19/h3-4,7,12,16H,5-6,8H2,1-2H3,(H,15,17)(H,18,19). The van der Waals surface area contributed by atoms with Gasteiger partial charge in [-0.1, -0.05) is 18.2 Å². The van der Waals surface area contributed by atoms with Crippen LogP contribution in [0.2, 0.25) is 0 Å². The minimum absolute atomic E-state index is 0.00794. The maximum atomic E-state index is 11.6. The van der Waals surface area contributed by atoms with E-state index in [4.69, 9.17) is 10.2 Å². The Labute approximate surface area is 112 Å². The molecule has 0 radical (unpaired) electrons. The van der Waals surface area contributed by atoms with E-state index in [2.05, 4.69) is 5.32 Å². The lowest BCUT2D eigenvalue weighted by atomic mass is 10.0. The van der Waals surface area contributed by atoms with E-state index in [9.17, 15) is 9.59 Å². The molecule has 5 heteroatoms. The minimum Gasteiger partial charge on any atom is -0.479 e. The molecule has 1 rings (SSSR count). The van der Waals surface area contributed by atoms with Gasteiger partial charge in [-0.3, -0.25) is 4.79 Å². The second kappa shape index (κ2) is 6.89. The molecule has 0 saturated heterocycles. The number of carbonyl (C=O) groups excluding carboxylic acids is 1. The Bertz CT molecular complexity index is 471. The predicted molar refractivity (Wildman–Crippen MR) is 70.9 cm³/mol. The average molecular weight is 265 g/mol. The van der Waals surface area contributed by atoms with Crippen molar-refractivity contribution in [2.24, 2.45) is 0 Å². The second-order valence-electron chi connectivity index (χ2n) is 4.59. The van der Waals surface area contributed by atoms with Crippen molar-refractivity contribution in [3.8, 4) is 0 Å². The maximum Gasteiger partial charge on any atom is 0.332 e. The molecule has 1 aromatic rings. The number of aliphatic carboxylic acids is 1. The van der Waals surface area contributed by atoms with Gasteiger partial charge in [0.1, 0.15) is 0 Å². The van der Waals surface area contributed by atoms with E-state index in [0.29, 0.717) is 0 Å². The summed E-state index contributed by atoms with van der Waals surface area (Å²) in [7, 11) is 0. The van der Waals surface area contributed by atoms with E-state index in [1.54, 1.807) is 0 Å². The van der Waals surface area contributed by atoms with Crippen molar-refractivity contribution in [3.63, 3.8) is 0 Å². The normalized spacial score (nSPS) is 11.9. The largest absolute Gasteiger partial charge is 0.479 e. The SMILES string of the molecule is Cc1ccc(CC(=O)NCCC(O)C(=O)O)cc1C. The Kier molecular flexibility index (Phi) is 5.51. The predicted octanol–water partition coefficient (Wildman–Crippen LogP) is 0.798. The van der Waals surface area contributed by atoms with E-state index in [-0.39, 0.29) is 25.3 Å². The lowest BCUT2D eigenvalue weighted by Crippen LogP contribution is -2.30. The van der Waals surface area contributed by atoms with Gasteiger partial charge in [-0.05, 0) is 30.5 Å². The van der Waals surface area contributed by atoms with Crippen LogP contribution in [0.3, 0.4) is 0 Å². The summed E-state index contributed by atoms with van der Waals surface area (Å²) in [6, 6.07) is 5.82. The van der Waals surface area contributed by atoms with Crippen molar-refractivity contribution < 1.29 is 19.8 Å². The van der Waals surface area contributed by atoms with Crippen molar-refractivity contribution in [2.75, 3.05) is 6.54 Å². The van der Waals surface area contributed by atoms with Crippen molar-refractivity contribution in [2.45, 2.75) is 32.8 Å². The molecule has 0 aliphatic carbocycles. The fourth-order valence-electron chi connectivity index (χ4n) is 1.63. The van der Waals surface area contributed by atoms with Crippen LogP contribution < -0.4 is 5.32 Å². The number of hydrogen-bond acceptors (Lipinski definition) is 3. The van der Waals surface area contributed by atoms with Gasteiger partial charge in [0.2, 0.25) is 5.91 Å². The summed E-state index contributed by atoms with van der Waals surface area (Å²) in [5.74, 6) is -1.45. The van der Waals surface area contributed by atoms with Crippen LogP contribution in [0.25, 0.3) is 0 Å². The van der Waals surface area contributed by atoms with E-state index < -0.39 is 12.1 Å². The zero-order valence-electron chi connectivity index (χ0n) is 11.1. The zero-order chi connectivity index (χ0) is 14.4. The molecule has 0 aromatic heterocycles. The van der Waals surface area contributed by atoms with Gasteiger partial charge < -0.3 is 15.5 Å². The van der Waals surface area contributed by atoms with Crippen LogP contribution in [0.15, 0.2) is 18.2 Å². The number of amides is 1. The van der Waals surface area contributed by atoms with E-state index in [1.165, 1.54) is 5.56 Å². The van der Waals surface area contributed by atoms with E-state index in [1.807, 2.05) is 32.0 Å². The Balaban J connectivity index is 2.39. The number of benzene rings is 1. The summed E-state index contributed by atoms with van der Waals surface area (Å²) in [6.07, 6.45) is -1.17. The van der Waals surface area contributed by atoms with Crippen LogP contribution in [-0.2, 0) is 16.0 Å². The summed E-state index contributed by atoms with van der Waals surface area (Å²) in [5.41, 5.74) is 3.22. The molecular weight excluding hydrogens is 246 g/mol. The number of aliphatic hydroxyl groups is 1. The topological polar surface area (TPSA) is 86.6 Å². The third-order valence-corrected chi connectivity index (χ3v) is 2.96.